The smallest absolute Gasteiger partial charge is 0.334 e. The van der Waals surface area contributed by atoms with Crippen LogP contribution in [0.25, 0.3) is 0 Å². The van der Waals surface area contributed by atoms with Crippen molar-refractivity contribution >= 4 is 11.9 Å². The fourth-order valence-corrected chi connectivity index (χ4v) is 0.739. The molecule has 0 bridgehead atoms. The van der Waals surface area contributed by atoms with Crippen LogP contribution in [0.3, 0.4) is 0 Å². The van der Waals surface area contributed by atoms with Gasteiger partial charge in [0.15, 0.2) is 0 Å². The van der Waals surface area contributed by atoms with Gasteiger partial charge in [-0.15, -0.1) is 0 Å². The SMILES string of the molecule is C=C(C(=O)O)C(CC)OC(C)=O. The molecule has 0 aliphatic heterocycles. The van der Waals surface area contributed by atoms with Gasteiger partial charge in [-0.25, -0.2) is 4.79 Å². The first-order valence-corrected chi connectivity index (χ1v) is 3.58. The molecule has 4 nitrogen and oxygen atoms in total. The number of ether oxygens (including phenoxy) is 1. The van der Waals surface area contributed by atoms with E-state index in [0.717, 1.165) is 0 Å². The Kier molecular flexibility index (Phi) is 4.04. The number of hydrogen-bond donors (Lipinski definition) is 1. The second-order valence-electron chi connectivity index (χ2n) is 2.34. The van der Waals surface area contributed by atoms with Gasteiger partial charge in [0, 0.05) is 6.92 Å². The number of esters is 1. The van der Waals surface area contributed by atoms with Crippen LogP contribution in [-0.2, 0) is 14.3 Å². The van der Waals surface area contributed by atoms with E-state index in [-0.39, 0.29) is 5.57 Å². The van der Waals surface area contributed by atoms with Crippen molar-refractivity contribution in [1.29, 1.82) is 0 Å². The van der Waals surface area contributed by atoms with Gasteiger partial charge in [0.2, 0.25) is 0 Å². The molecule has 0 amide bonds. The lowest BCUT2D eigenvalue weighted by Crippen LogP contribution is -2.22. The molecule has 1 N–H and O–H groups in total. The minimum Gasteiger partial charge on any atom is -0.478 e. The van der Waals surface area contributed by atoms with Crippen molar-refractivity contribution in [3.8, 4) is 0 Å². The molecular weight excluding hydrogens is 160 g/mol. The molecule has 0 heterocycles. The van der Waals surface area contributed by atoms with Crippen LogP contribution in [0, 0.1) is 0 Å². The number of carbonyl (C=O) groups is 2. The van der Waals surface area contributed by atoms with Gasteiger partial charge in [0.1, 0.15) is 6.10 Å². The molecule has 68 valence electrons. The summed E-state index contributed by atoms with van der Waals surface area (Å²) in [5.74, 6) is -1.63. The highest BCUT2D eigenvalue weighted by Crippen LogP contribution is 2.09. The second-order valence-corrected chi connectivity index (χ2v) is 2.34. The van der Waals surface area contributed by atoms with E-state index in [2.05, 4.69) is 6.58 Å². The van der Waals surface area contributed by atoms with Crippen LogP contribution in [0.15, 0.2) is 12.2 Å². The maximum atomic E-state index is 10.5. The Hall–Kier alpha value is -1.32. The van der Waals surface area contributed by atoms with E-state index in [4.69, 9.17) is 9.84 Å². The molecule has 0 saturated heterocycles. The molecule has 0 fully saturated rings. The summed E-state index contributed by atoms with van der Waals surface area (Å²) in [4.78, 5) is 20.9. The predicted molar refractivity (Wildman–Crippen MR) is 42.6 cm³/mol. The Morgan fingerprint density at radius 2 is 2.08 bits per heavy atom. The van der Waals surface area contributed by atoms with E-state index in [1.165, 1.54) is 6.92 Å². The van der Waals surface area contributed by atoms with Crippen molar-refractivity contribution in [3.63, 3.8) is 0 Å². The molecule has 12 heavy (non-hydrogen) atoms. The van der Waals surface area contributed by atoms with Crippen molar-refractivity contribution in [2.45, 2.75) is 26.4 Å². The lowest BCUT2D eigenvalue weighted by atomic mass is 10.1. The number of carboxylic acid groups (broad SMARTS) is 1. The summed E-state index contributed by atoms with van der Waals surface area (Å²) < 4.78 is 4.70. The Balaban J connectivity index is 4.24. The Labute approximate surface area is 70.8 Å². The average molecular weight is 172 g/mol. The van der Waals surface area contributed by atoms with E-state index >= 15 is 0 Å². The standard InChI is InChI=1S/C8H12O4/c1-4-7(12-6(3)9)5(2)8(10)11/h7H,2,4H2,1,3H3,(H,10,11). The molecule has 0 rings (SSSR count). The van der Waals surface area contributed by atoms with Gasteiger partial charge < -0.3 is 9.84 Å². The fraction of sp³-hybridized carbons (Fsp3) is 0.500. The summed E-state index contributed by atoms with van der Waals surface area (Å²) in [5, 5.41) is 8.51. The number of hydrogen-bond acceptors (Lipinski definition) is 3. The van der Waals surface area contributed by atoms with Gasteiger partial charge in [-0.2, -0.15) is 0 Å². The molecule has 0 aromatic heterocycles. The first-order chi connectivity index (χ1) is 5.49. The van der Waals surface area contributed by atoms with Gasteiger partial charge in [-0.05, 0) is 6.42 Å². The third-order valence-electron chi connectivity index (χ3n) is 1.34. The molecule has 4 heteroatoms. The van der Waals surface area contributed by atoms with Gasteiger partial charge in [-0.1, -0.05) is 13.5 Å². The zero-order valence-electron chi connectivity index (χ0n) is 7.16. The molecule has 1 unspecified atom stereocenters. The first-order valence-electron chi connectivity index (χ1n) is 3.58. The minimum absolute atomic E-state index is 0.0901. The monoisotopic (exact) mass is 172 g/mol. The third kappa shape index (κ3) is 3.18. The average Bonchev–Trinajstić information content (AvgIpc) is 1.98. The molecule has 0 aliphatic carbocycles. The summed E-state index contributed by atoms with van der Waals surface area (Å²) in [5.41, 5.74) is -0.0901. The van der Waals surface area contributed by atoms with E-state index in [0.29, 0.717) is 6.42 Å². The van der Waals surface area contributed by atoms with Crippen molar-refractivity contribution in [3.05, 3.63) is 12.2 Å². The number of carbonyl (C=O) groups excluding carboxylic acids is 1. The van der Waals surface area contributed by atoms with Crippen molar-refractivity contribution < 1.29 is 19.4 Å². The topological polar surface area (TPSA) is 63.6 Å². The maximum Gasteiger partial charge on any atom is 0.334 e. The zero-order chi connectivity index (χ0) is 9.72. The molecule has 0 aliphatic rings. The second kappa shape index (κ2) is 4.54. The van der Waals surface area contributed by atoms with E-state index in [9.17, 15) is 9.59 Å². The van der Waals surface area contributed by atoms with Gasteiger partial charge in [-0.3, -0.25) is 4.79 Å². The molecule has 0 saturated carbocycles. The van der Waals surface area contributed by atoms with Crippen LogP contribution < -0.4 is 0 Å². The van der Waals surface area contributed by atoms with Crippen molar-refractivity contribution in [1.82, 2.24) is 0 Å². The molecule has 0 radical (unpaired) electrons. The maximum absolute atomic E-state index is 10.5. The molecule has 0 spiro atoms. The Morgan fingerprint density at radius 1 is 1.58 bits per heavy atom. The molecule has 0 aromatic rings. The highest BCUT2D eigenvalue weighted by Gasteiger charge is 2.18. The summed E-state index contributed by atoms with van der Waals surface area (Å²) >= 11 is 0. The van der Waals surface area contributed by atoms with Crippen molar-refractivity contribution in [2.75, 3.05) is 0 Å². The summed E-state index contributed by atoms with van der Waals surface area (Å²) in [6.07, 6.45) is -0.287. The Morgan fingerprint density at radius 3 is 2.33 bits per heavy atom. The first kappa shape index (κ1) is 10.7. The van der Waals surface area contributed by atoms with Crippen LogP contribution in [-0.4, -0.2) is 23.1 Å². The van der Waals surface area contributed by atoms with Crippen LogP contribution in [0.4, 0.5) is 0 Å². The van der Waals surface area contributed by atoms with Gasteiger partial charge in [0.25, 0.3) is 0 Å². The van der Waals surface area contributed by atoms with Crippen LogP contribution in [0.2, 0.25) is 0 Å². The largest absolute Gasteiger partial charge is 0.478 e. The zero-order valence-corrected chi connectivity index (χ0v) is 7.16. The van der Waals surface area contributed by atoms with E-state index in [1.54, 1.807) is 6.92 Å². The fourth-order valence-electron chi connectivity index (χ4n) is 0.739. The van der Waals surface area contributed by atoms with E-state index in [1.807, 2.05) is 0 Å². The summed E-state index contributed by atoms with van der Waals surface area (Å²) in [6, 6.07) is 0. The quantitative estimate of drug-likeness (QED) is 0.507. The normalized spacial score (nSPS) is 11.8. The van der Waals surface area contributed by atoms with Gasteiger partial charge >= 0.3 is 11.9 Å². The molecule has 0 aromatic carbocycles. The summed E-state index contributed by atoms with van der Waals surface area (Å²) in [6.45, 7) is 6.26. The molecular formula is C8H12O4. The highest BCUT2D eigenvalue weighted by atomic mass is 16.5. The number of carboxylic acids is 1. The van der Waals surface area contributed by atoms with Crippen LogP contribution in [0.5, 0.6) is 0 Å². The number of rotatable bonds is 4. The van der Waals surface area contributed by atoms with Crippen LogP contribution in [0.1, 0.15) is 20.3 Å². The number of aliphatic carboxylic acids is 1. The lowest BCUT2D eigenvalue weighted by Gasteiger charge is -2.14. The van der Waals surface area contributed by atoms with Gasteiger partial charge in [0.05, 0.1) is 5.57 Å². The summed E-state index contributed by atoms with van der Waals surface area (Å²) in [7, 11) is 0. The highest BCUT2D eigenvalue weighted by molar-refractivity contribution is 5.87. The minimum atomic E-state index is -1.14. The van der Waals surface area contributed by atoms with E-state index < -0.39 is 18.0 Å². The lowest BCUT2D eigenvalue weighted by molar-refractivity contribution is -0.146. The molecule has 1 atom stereocenters. The predicted octanol–water partition coefficient (Wildman–Crippen LogP) is 0.969. The Bertz CT molecular complexity index is 207. The third-order valence-corrected chi connectivity index (χ3v) is 1.34. The van der Waals surface area contributed by atoms with Crippen molar-refractivity contribution in [2.24, 2.45) is 0 Å². The van der Waals surface area contributed by atoms with Crippen LogP contribution >= 0.6 is 0 Å².